The number of fused-ring (bicyclic) bond motifs is 9. The van der Waals surface area contributed by atoms with Gasteiger partial charge in [0.15, 0.2) is 0 Å². The molecular weight excluding hydrogens is 644 g/mol. The van der Waals surface area contributed by atoms with E-state index in [4.69, 9.17) is 0 Å². The number of hydrogen-bond donors (Lipinski definition) is 0. The first-order valence-corrected chi connectivity index (χ1v) is 18.1. The van der Waals surface area contributed by atoms with Crippen molar-refractivity contribution in [2.75, 3.05) is 4.90 Å². The van der Waals surface area contributed by atoms with Crippen molar-refractivity contribution in [1.29, 1.82) is 0 Å². The van der Waals surface area contributed by atoms with Crippen LogP contribution in [-0.2, 0) is 0 Å². The Morgan fingerprint density at radius 2 is 1.11 bits per heavy atom. The van der Waals surface area contributed by atoms with E-state index in [1.165, 1.54) is 78.3 Å². The van der Waals surface area contributed by atoms with E-state index < -0.39 is 0 Å². The number of benzene rings is 7. The molecule has 3 aromatic heterocycles. The average Bonchev–Trinajstić information content (AvgIpc) is 3.78. The molecule has 10 rings (SSSR count). The van der Waals surface area contributed by atoms with E-state index in [2.05, 4.69) is 167 Å². The molecule has 7 aromatic carbocycles. The third kappa shape index (κ3) is 3.88. The number of hydrogen-bond acceptors (Lipinski definition) is 2. The van der Waals surface area contributed by atoms with E-state index in [0.29, 0.717) is 0 Å². The first kappa shape index (κ1) is 26.1. The van der Waals surface area contributed by atoms with Gasteiger partial charge in [-0.25, -0.2) is 0 Å². The van der Waals surface area contributed by atoms with Gasteiger partial charge in [-0.15, -0.1) is 0 Å². The van der Waals surface area contributed by atoms with Gasteiger partial charge in [0.2, 0.25) is 0 Å². The van der Waals surface area contributed by atoms with Crippen LogP contribution in [0.25, 0.3) is 67.0 Å². The van der Waals surface area contributed by atoms with Crippen LogP contribution in [0.2, 0.25) is 0 Å². The van der Waals surface area contributed by atoms with Crippen molar-refractivity contribution >= 4 is 104 Å². The Balaban J connectivity index is 1.29. The summed E-state index contributed by atoms with van der Waals surface area (Å²) in [6, 6.07) is 58.1. The molecule has 0 aliphatic carbocycles. The molecule has 0 bridgehead atoms. The molecule has 0 saturated carbocycles. The molecule has 4 heteroatoms. The zero-order valence-corrected chi connectivity index (χ0v) is 27.3. The first-order chi connectivity index (χ1) is 22.8. The first-order valence-electron chi connectivity index (χ1n) is 15.5. The normalized spacial score (nSPS) is 11.9. The Morgan fingerprint density at radius 3 is 2.00 bits per heavy atom. The topological polar surface area (TPSA) is 8.17 Å². The van der Waals surface area contributed by atoms with Crippen LogP contribution >= 0.6 is 11.3 Å². The van der Waals surface area contributed by atoms with E-state index in [-0.39, 0.29) is 14.5 Å². The van der Waals surface area contributed by atoms with Gasteiger partial charge in [-0.3, -0.25) is 0 Å². The molecule has 0 amide bonds. The summed E-state index contributed by atoms with van der Waals surface area (Å²) in [6.45, 7) is 0. The molecule has 0 aliphatic heterocycles. The summed E-state index contributed by atoms with van der Waals surface area (Å²) in [6.07, 6.45) is 0. The Bertz CT molecular complexity index is 2770. The third-order valence-corrected chi connectivity index (χ3v) is 12.7. The quantitative estimate of drug-likeness (QED) is 0.169. The van der Waals surface area contributed by atoms with Crippen molar-refractivity contribution in [3.8, 4) is 5.69 Å². The van der Waals surface area contributed by atoms with E-state index in [1.54, 1.807) is 0 Å². The van der Waals surface area contributed by atoms with E-state index >= 15 is 0 Å². The molecule has 0 saturated heterocycles. The number of para-hydroxylation sites is 2. The van der Waals surface area contributed by atoms with E-state index in [1.807, 2.05) is 11.3 Å². The van der Waals surface area contributed by atoms with Gasteiger partial charge >= 0.3 is 277 Å². The van der Waals surface area contributed by atoms with Crippen LogP contribution in [0.4, 0.5) is 17.1 Å². The molecule has 0 N–H and O–H groups in total. The molecule has 3 heterocycles. The molecular formula is C42H26N2SSe. The molecule has 46 heavy (non-hydrogen) atoms. The van der Waals surface area contributed by atoms with Crippen molar-refractivity contribution in [2.45, 2.75) is 0 Å². The summed E-state index contributed by atoms with van der Waals surface area (Å²) >= 11 is 2.15. The van der Waals surface area contributed by atoms with Crippen molar-refractivity contribution in [3.63, 3.8) is 0 Å². The SMILES string of the molecule is c1ccc(-n2c3ccccc3c3ccc(N(c4ccc5c(c4)[se]c4ccccc45)c4cccc5sc6ccccc6c45)cc32)cc1. The van der Waals surface area contributed by atoms with Crippen molar-refractivity contribution in [2.24, 2.45) is 0 Å². The summed E-state index contributed by atoms with van der Waals surface area (Å²) in [5.74, 6) is 0. The number of thiophene rings is 1. The fourth-order valence-electron chi connectivity index (χ4n) is 7.18. The van der Waals surface area contributed by atoms with Crippen molar-refractivity contribution < 1.29 is 0 Å². The predicted octanol–water partition coefficient (Wildman–Crippen LogP) is 12.0. The molecule has 0 spiro atoms. The Kier molecular flexibility index (Phi) is 5.79. The van der Waals surface area contributed by atoms with Crippen LogP contribution in [0.1, 0.15) is 0 Å². The number of nitrogens with zero attached hydrogens (tertiary/aromatic N) is 2. The minimum atomic E-state index is 0.276. The Hall–Kier alpha value is -5.12. The summed E-state index contributed by atoms with van der Waals surface area (Å²) < 4.78 is 7.94. The maximum atomic E-state index is 2.49. The van der Waals surface area contributed by atoms with Gasteiger partial charge in [-0.2, -0.15) is 0 Å². The second-order valence-electron chi connectivity index (χ2n) is 11.8. The van der Waals surface area contributed by atoms with Crippen LogP contribution < -0.4 is 4.90 Å². The molecule has 0 fully saturated rings. The van der Waals surface area contributed by atoms with E-state index in [0.717, 1.165) is 5.69 Å². The summed E-state index contributed by atoms with van der Waals surface area (Å²) in [4.78, 5) is 2.49. The maximum absolute atomic E-state index is 2.49. The fourth-order valence-corrected chi connectivity index (χ4v) is 10.7. The molecule has 0 radical (unpaired) electrons. The number of anilines is 3. The summed E-state index contributed by atoms with van der Waals surface area (Å²) in [7, 11) is 0. The van der Waals surface area contributed by atoms with Crippen LogP contribution in [0.15, 0.2) is 158 Å². The third-order valence-electron chi connectivity index (χ3n) is 9.17. The minimum absolute atomic E-state index is 0.276. The number of rotatable bonds is 4. The van der Waals surface area contributed by atoms with Gasteiger partial charge in [-0.05, 0) is 0 Å². The molecule has 0 aliphatic rings. The van der Waals surface area contributed by atoms with Gasteiger partial charge in [0.1, 0.15) is 0 Å². The van der Waals surface area contributed by atoms with Crippen molar-refractivity contribution in [1.82, 2.24) is 4.57 Å². The van der Waals surface area contributed by atoms with E-state index in [9.17, 15) is 0 Å². The van der Waals surface area contributed by atoms with Crippen LogP contribution in [0, 0.1) is 0 Å². The van der Waals surface area contributed by atoms with Gasteiger partial charge < -0.3 is 0 Å². The van der Waals surface area contributed by atoms with Crippen LogP contribution in [0.3, 0.4) is 0 Å². The Labute approximate surface area is 275 Å². The molecule has 0 atom stereocenters. The van der Waals surface area contributed by atoms with Crippen LogP contribution in [-0.4, -0.2) is 19.1 Å². The van der Waals surface area contributed by atoms with Gasteiger partial charge in [0, 0.05) is 0 Å². The molecule has 2 nitrogen and oxygen atoms in total. The van der Waals surface area contributed by atoms with Crippen molar-refractivity contribution in [3.05, 3.63) is 158 Å². The Morgan fingerprint density at radius 1 is 0.457 bits per heavy atom. The standard InChI is InChI=1S/C42H26N2SSe/c1-2-11-27(12-3-1)44-35-16-7-4-13-30(35)31-23-21-28(25-37(31)44)43(29-22-24-33-32-14-6-9-20-40(32)46-41(33)26-29)36-17-10-19-39-42(36)34-15-5-8-18-38(34)45-39/h1-26H. The summed E-state index contributed by atoms with van der Waals surface area (Å²) in [5, 5.41) is 7.90. The molecule has 216 valence electrons. The second-order valence-corrected chi connectivity index (χ2v) is 15.1. The molecule has 10 aromatic rings. The van der Waals surface area contributed by atoms with Crippen LogP contribution in [0.5, 0.6) is 0 Å². The fraction of sp³-hybridized carbons (Fsp3) is 0. The van der Waals surface area contributed by atoms with Gasteiger partial charge in [-0.1, -0.05) is 0 Å². The average molecular weight is 670 g/mol. The second kappa shape index (κ2) is 10.2. The van der Waals surface area contributed by atoms with Gasteiger partial charge in [0.05, 0.1) is 0 Å². The zero-order chi connectivity index (χ0) is 30.2. The monoisotopic (exact) mass is 670 g/mol. The molecule has 0 unspecified atom stereocenters. The predicted molar refractivity (Wildman–Crippen MR) is 200 cm³/mol. The summed E-state index contributed by atoms with van der Waals surface area (Å²) in [5.41, 5.74) is 7.14. The van der Waals surface area contributed by atoms with Gasteiger partial charge in [0.25, 0.3) is 0 Å². The number of aromatic nitrogens is 1. The zero-order valence-electron chi connectivity index (χ0n) is 24.7.